The maximum Gasteiger partial charge on any atom is 0.319 e. The van der Waals surface area contributed by atoms with Crippen LogP contribution in [0.15, 0.2) is 25.0 Å². The largest absolute Gasteiger partial charge is 0.337 e. The fraction of sp³-hybridized carbons (Fsp3) is 0.500. The monoisotopic (exact) mass is 270 g/mol. The quantitative estimate of drug-likeness (QED) is 0.770. The molecule has 0 N–H and O–H groups in total. The van der Waals surface area contributed by atoms with Gasteiger partial charge >= 0.3 is 6.55 Å². The number of imidazole rings is 1. The van der Waals surface area contributed by atoms with Gasteiger partial charge in [0.1, 0.15) is 5.82 Å². The van der Waals surface area contributed by atoms with Crippen LogP contribution >= 0.6 is 0 Å². The van der Waals surface area contributed by atoms with E-state index in [1.165, 1.54) is 18.5 Å². The number of amides is 1. The molecular weight excluding hydrogens is 254 g/mol. The molecule has 0 aromatic carbocycles. The van der Waals surface area contributed by atoms with E-state index in [9.17, 15) is 13.6 Å². The van der Waals surface area contributed by atoms with Crippen LogP contribution in [0.3, 0.4) is 0 Å². The Balaban J connectivity index is 1.90. The highest BCUT2D eigenvalue weighted by molar-refractivity contribution is 5.87. The molecule has 1 aliphatic rings. The Morgan fingerprint density at radius 2 is 2.11 bits per heavy atom. The van der Waals surface area contributed by atoms with E-state index < -0.39 is 6.55 Å². The van der Waals surface area contributed by atoms with Gasteiger partial charge in [-0.05, 0) is 6.08 Å². The average molecular weight is 270 g/mol. The van der Waals surface area contributed by atoms with E-state index in [2.05, 4.69) is 11.6 Å². The topological polar surface area (TPSA) is 41.4 Å². The predicted octanol–water partition coefficient (Wildman–Crippen LogP) is 1.11. The third kappa shape index (κ3) is 3.17. The van der Waals surface area contributed by atoms with Crippen LogP contribution in [-0.2, 0) is 11.3 Å². The first-order valence-corrected chi connectivity index (χ1v) is 6.05. The molecule has 1 aliphatic heterocycles. The van der Waals surface area contributed by atoms with Crippen LogP contribution < -0.4 is 0 Å². The smallest absolute Gasteiger partial charge is 0.319 e. The third-order valence-corrected chi connectivity index (χ3v) is 3.18. The van der Waals surface area contributed by atoms with Gasteiger partial charge in [0.15, 0.2) is 0 Å². The molecule has 0 radical (unpaired) electrons. The normalized spacial score (nSPS) is 16.9. The molecule has 1 aromatic heterocycles. The number of rotatable bonds is 4. The third-order valence-electron chi connectivity index (χ3n) is 3.18. The molecule has 7 heteroatoms. The van der Waals surface area contributed by atoms with Crippen molar-refractivity contribution in [1.29, 1.82) is 0 Å². The van der Waals surface area contributed by atoms with Crippen molar-refractivity contribution in [3.63, 3.8) is 0 Å². The molecule has 5 nitrogen and oxygen atoms in total. The van der Waals surface area contributed by atoms with Crippen LogP contribution in [0.1, 0.15) is 12.4 Å². The van der Waals surface area contributed by atoms with E-state index in [0.29, 0.717) is 38.5 Å². The van der Waals surface area contributed by atoms with Crippen LogP contribution in [0.2, 0.25) is 0 Å². The van der Waals surface area contributed by atoms with Crippen molar-refractivity contribution in [2.45, 2.75) is 13.1 Å². The molecule has 0 atom stereocenters. The van der Waals surface area contributed by atoms with E-state index in [1.807, 2.05) is 4.90 Å². The van der Waals surface area contributed by atoms with Gasteiger partial charge in [-0.3, -0.25) is 14.3 Å². The Labute approximate surface area is 110 Å². The first kappa shape index (κ1) is 13.7. The summed E-state index contributed by atoms with van der Waals surface area (Å²) in [5.41, 5.74) is 0. The zero-order chi connectivity index (χ0) is 13.8. The number of piperazine rings is 1. The minimum Gasteiger partial charge on any atom is -0.337 e. The Bertz CT molecular complexity index is 452. The Morgan fingerprint density at radius 1 is 1.42 bits per heavy atom. The highest BCUT2D eigenvalue weighted by atomic mass is 19.3. The lowest BCUT2D eigenvalue weighted by Gasteiger charge is -2.33. The summed E-state index contributed by atoms with van der Waals surface area (Å²) in [6.07, 6.45) is 3.94. The van der Waals surface area contributed by atoms with Gasteiger partial charge in [0.25, 0.3) is 0 Å². The Hall–Kier alpha value is -1.76. The number of hydrogen-bond acceptors (Lipinski definition) is 3. The predicted molar refractivity (Wildman–Crippen MR) is 65.5 cm³/mol. The fourth-order valence-corrected chi connectivity index (χ4v) is 2.10. The molecule has 0 unspecified atom stereocenters. The Kier molecular flexibility index (Phi) is 4.26. The minimum absolute atomic E-state index is 0.0891. The van der Waals surface area contributed by atoms with Crippen LogP contribution in [0.5, 0.6) is 0 Å². The lowest BCUT2D eigenvalue weighted by molar-refractivity contribution is -0.127. The molecule has 1 aromatic rings. The van der Waals surface area contributed by atoms with Crippen molar-refractivity contribution >= 4 is 5.91 Å². The van der Waals surface area contributed by atoms with Crippen molar-refractivity contribution in [1.82, 2.24) is 19.4 Å². The number of halogens is 2. The molecule has 1 saturated heterocycles. The number of carbonyl (C=O) groups excluding carboxylic acids is 1. The van der Waals surface area contributed by atoms with Gasteiger partial charge < -0.3 is 4.90 Å². The van der Waals surface area contributed by atoms with E-state index in [4.69, 9.17) is 0 Å². The molecule has 1 fully saturated rings. The molecular formula is C12H16F2N4O. The average Bonchev–Trinajstić information content (AvgIpc) is 2.87. The SMILES string of the molecule is C=CC(=O)N1CCN(Cc2nccn2C(F)F)CC1. The van der Waals surface area contributed by atoms with E-state index in [0.717, 1.165) is 4.57 Å². The lowest BCUT2D eigenvalue weighted by Crippen LogP contribution is -2.48. The number of carbonyl (C=O) groups is 1. The molecule has 0 saturated carbocycles. The second-order valence-electron chi connectivity index (χ2n) is 4.33. The standard InChI is InChI=1S/C12H16F2N4O/c1-2-11(19)17-7-5-16(6-8-17)9-10-15-3-4-18(10)12(13)14/h2-4,12H,1,5-9H2. The maximum absolute atomic E-state index is 12.7. The van der Waals surface area contributed by atoms with Gasteiger partial charge in [-0.1, -0.05) is 6.58 Å². The van der Waals surface area contributed by atoms with E-state index in [1.54, 1.807) is 4.90 Å². The zero-order valence-electron chi connectivity index (χ0n) is 10.5. The second kappa shape index (κ2) is 5.92. The van der Waals surface area contributed by atoms with Crippen molar-refractivity contribution < 1.29 is 13.6 Å². The number of nitrogens with zero attached hydrogens (tertiary/aromatic N) is 4. The van der Waals surface area contributed by atoms with Crippen LogP contribution in [0.25, 0.3) is 0 Å². The number of alkyl halides is 2. The summed E-state index contributed by atoms with van der Waals surface area (Å²) in [5, 5.41) is 0. The second-order valence-corrected chi connectivity index (χ2v) is 4.33. The summed E-state index contributed by atoms with van der Waals surface area (Å²) in [5.74, 6) is 0.257. The molecule has 1 amide bonds. The zero-order valence-corrected chi connectivity index (χ0v) is 10.5. The van der Waals surface area contributed by atoms with Crippen LogP contribution in [-0.4, -0.2) is 51.4 Å². The van der Waals surface area contributed by atoms with Crippen molar-refractivity contribution in [3.05, 3.63) is 30.9 Å². The van der Waals surface area contributed by atoms with E-state index in [-0.39, 0.29) is 5.91 Å². The van der Waals surface area contributed by atoms with Crippen molar-refractivity contribution in [2.75, 3.05) is 26.2 Å². The van der Waals surface area contributed by atoms with Gasteiger partial charge in [0.2, 0.25) is 5.91 Å². The Morgan fingerprint density at radius 3 is 2.68 bits per heavy atom. The van der Waals surface area contributed by atoms with Crippen LogP contribution in [0, 0.1) is 0 Å². The van der Waals surface area contributed by atoms with Gasteiger partial charge in [0.05, 0.1) is 6.54 Å². The highest BCUT2D eigenvalue weighted by Gasteiger charge is 2.21. The van der Waals surface area contributed by atoms with Crippen molar-refractivity contribution in [3.8, 4) is 0 Å². The van der Waals surface area contributed by atoms with Crippen LogP contribution in [0.4, 0.5) is 8.78 Å². The number of aromatic nitrogens is 2. The maximum atomic E-state index is 12.7. The summed E-state index contributed by atoms with van der Waals surface area (Å²) >= 11 is 0. The minimum atomic E-state index is -2.57. The van der Waals surface area contributed by atoms with Crippen molar-refractivity contribution in [2.24, 2.45) is 0 Å². The summed E-state index contributed by atoms with van der Waals surface area (Å²) in [7, 11) is 0. The van der Waals surface area contributed by atoms with Gasteiger partial charge in [-0.25, -0.2) is 4.98 Å². The van der Waals surface area contributed by atoms with E-state index >= 15 is 0 Å². The first-order chi connectivity index (χ1) is 9.11. The summed E-state index contributed by atoms with van der Waals surface area (Å²) in [4.78, 5) is 19.1. The fourth-order valence-electron chi connectivity index (χ4n) is 2.10. The van der Waals surface area contributed by atoms with Gasteiger partial charge in [-0.2, -0.15) is 8.78 Å². The number of hydrogen-bond donors (Lipinski definition) is 0. The molecule has 104 valence electrons. The molecule has 2 rings (SSSR count). The lowest BCUT2D eigenvalue weighted by atomic mass is 10.3. The molecule has 0 spiro atoms. The molecule has 19 heavy (non-hydrogen) atoms. The van der Waals surface area contributed by atoms with Gasteiger partial charge in [-0.15, -0.1) is 0 Å². The summed E-state index contributed by atoms with van der Waals surface area (Å²) in [6, 6.07) is 0. The summed E-state index contributed by atoms with van der Waals surface area (Å²) in [6.45, 7) is 3.71. The molecule has 2 heterocycles. The molecule has 0 bridgehead atoms. The van der Waals surface area contributed by atoms with Gasteiger partial charge in [0, 0.05) is 38.6 Å². The summed E-state index contributed by atoms with van der Waals surface area (Å²) < 4.78 is 26.2. The highest BCUT2D eigenvalue weighted by Crippen LogP contribution is 2.14. The molecule has 0 aliphatic carbocycles. The first-order valence-electron chi connectivity index (χ1n) is 6.05.